The summed E-state index contributed by atoms with van der Waals surface area (Å²) in [6.45, 7) is 3.54. The Morgan fingerprint density at radius 2 is 2.15 bits per heavy atom. The molecule has 0 aliphatic carbocycles. The summed E-state index contributed by atoms with van der Waals surface area (Å²) in [5.41, 5.74) is 2.02. The first-order valence-corrected chi connectivity index (χ1v) is 4.91. The van der Waals surface area contributed by atoms with Crippen LogP contribution in [-0.4, -0.2) is 6.67 Å². The van der Waals surface area contributed by atoms with E-state index in [9.17, 15) is 4.39 Å². The van der Waals surface area contributed by atoms with Gasteiger partial charge in [-0.25, -0.2) is 0 Å². The molecule has 0 radical (unpaired) electrons. The highest BCUT2D eigenvalue weighted by molar-refractivity contribution is 6.32. The third-order valence-corrected chi connectivity index (χ3v) is 2.71. The van der Waals surface area contributed by atoms with Gasteiger partial charge in [-0.05, 0) is 17.5 Å². The highest BCUT2D eigenvalue weighted by Crippen LogP contribution is 2.28. The normalized spacial score (nSPS) is 12.9. The smallest absolute Gasteiger partial charge is 0.0960 e. The second-order valence-corrected chi connectivity index (χ2v) is 3.61. The van der Waals surface area contributed by atoms with Crippen molar-refractivity contribution in [2.45, 2.75) is 26.2 Å². The van der Waals surface area contributed by atoms with E-state index in [1.54, 1.807) is 0 Å². The van der Waals surface area contributed by atoms with E-state index >= 15 is 0 Å². The Balaban J connectivity index is 3.08. The van der Waals surface area contributed by atoms with Crippen LogP contribution in [0, 0.1) is 0 Å². The topological polar surface area (TPSA) is 0 Å². The molecule has 0 aromatic heterocycles. The molecule has 13 heavy (non-hydrogen) atoms. The molecule has 0 nitrogen and oxygen atoms in total. The zero-order chi connectivity index (χ0) is 9.84. The maximum atomic E-state index is 12.4. The van der Waals surface area contributed by atoms with Crippen LogP contribution in [0.25, 0.3) is 0 Å². The highest BCUT2D eigenvalue weighted by Gasteiger charge is 2.10. The van der Waals surface area contributed by atoms with Crippen LogP contribution in [0.15, 0.2) is 18.2 Å². The molecule has 0 saturated carbocycles. The molecule has 0 amide bonds. The van der Waals surface area contributed by atoms with Crippen molar-refractivity contribution < 1.29 is 4.39 Å². The van der Waals surface area contributed by atoms with Gasteiger partial charge >= 0.3 is 0 Å². The van der Waals surface area contributed by atoms with Gasteiger partial charge in [0.05, 0.1) is 6.67 Å². The van der Waals surface area contributed by atoms with Gasteiger partial charge in [0.15, 0.2) is 0 Å². The highest BCUT2D eigenvalue weighted by atomic mass is 35.5. The molecule has 0 spiro atoms. The van der Waals surface area contributed by atoms with Gasteiger partial charge in [0.2, 0.25) is 0 Å². The first kappa shape index (κ1) is 10.5. The van der Waals surface area contributed by atoms with Gasteiger partial charge in [-0.1, -0.05) is 43.6 Å². The van der Waals surface area contributed by atoms with E-state index in [1.165, 1.54) is 0 Å². The average Bonchev–Trinajstić information content (AvgIpc) is 2.17. The number of aryl methyl sites for hydroxylation is 1. The minimum absolute atomic E-state index is 0.0981. The number of hydrogen-bond acceptors (Lipinski definition) is 0. The van der Waals surface area contributed by atoms with E-state index in [2.05, 4.69) is 0 Å². The molecule has 0 fully saturated rings. The molecular formula is C11H14ClF. The van der Waals surface area contributed by atoms with Gasteiger partial charge in [-0.15, -0.1) is 0 Å². The Labute approximate surface area is 83.7 Å². The Morgan fingerprint density at radius 1 is 1.46 bits per heavy atom. The molecule has 0 N–H and O–H groups in total. The van der Waals surface area contributed by atoms with Gasteiger partial charge in [-0.3, -0.25) is 4.39 Å². The summed E-state index contributed by atoms with van der Waals surface area (Å²) < 4.78 is 12.4. The molecule has 0 heterocycles. The van der Waals surface area contributed by atoms with Gasteiger partial charge in [0.25, 0.3) is 0 Å². The van der Waals surface area contributed by atoms with Crippen molar-refractivity contribution in [2.75, 3.05) is 6.67 Å². The summed E-state index contributed by atoms with van der Waals surface area (Å²) in [6, 6.07) is 5.81. The lowest BCUT2D eigenvalue weighted by Crippen LogP contribution is -1.98. The molecule has 72 valence electrons. The van der Waals surface area contributed by atoms with Crippen molar-refractivity contribution in [3.63, 3.8) is 0 Å². The van der Waals surface area contributed by atoms with Crippen molar-refractivity contribution >= 4 is 11.6 Å². The van der Waals surface area contributed by atoms with E-state index in [1.807, 2.05) is 32.0 Å². The predicted molar refractivity (Wildman–Crippen MR) is 55.2 cm³/mol. The average molecular weight is 201 g/mol. The second kappa shape index (κ2) is 4.61. The van der Waals surface area contributed by atoms with Gasteiger partial charge in [-0.2, -0.15) is 0 Å². The lowest BCUT2D eigenvalue weighted by Gasteiger charge is -2.11. The third-order valence-electron chi connectivity index (χ3n) is 2.25. The fourth-order valence-corrected chi connectivity index (χ4v) is 1.78. The molecular weight excluding hydrogens is 187 g/mol. The summed E-state index contributed by atoms with van der Waals surface area (Å²) >= 11 is 6.12. The van der Waals surface area contributed by atoms with Crippen molar-refractivity contribution in [1.82, 2.24) is 0 Å². The minimum Gasteiger partial charge on any atom is -0.250 e. The predicted octanol–water partition coefficient (Wildman–Crippen LogP) is 3.98. The molecule has 1 unspecified atom stereocenters. The van der Waals surface area contributed by atoms with Crippen LogP contribution < -0.4 is 0 Å². The van der Waals surface area contributed by atoms with Gasteiger partial charge < -0.3 is 0 Å². The third kappa shape index (κ3) is 2.22. The SMILES string of the molecule is CCc1cccc(C(C)CF)c1Cl. The Kier molecular flexibility index (Phi) is 3.73. The van der Waals surface area contributed by atoms with Crippen molar-refractivity contribution in [2.24, 2.45) is 0 Å². The van der Waals surface area contributed by atoms with E-state index in [4.69, 9.17) is 11.6 Å². The van der Waals surface area contributed by atoms with Crippen LogP contribution in [0.2, 0.25) is 5.02 Å². The summed E-state index contributed by atoms with van der Waals surface area (Å²) in [7, 11) is 0. The summed E-state index contributed by atoms with van der Waals surface area (Å²) in [6.07, 6.45) is 0.895. The first-order chi connectivity index (χ1) is 6.20. The largest absolute Gasteiger partial charge is 0.250 e. The number of alkyl halides is 1. The number of rotatable bonds is 3. The summed E-state index contributed by atoms with van der Waals surface area (Å²) in [5.74, 6) is -0.0981. The standard InChI is InChI=1S/C11H14ClF/c1-3-9-5-4-6-10(11(9)12)8(2)7-13/h4-6,8H,3,7H2,1-2H3. The van der Waals surface area contributed by atoms with Crippen LogP contribution in [0.4, 0.5) is 4.39 Å². The molecule has 0 bridgehead atoms. The van der Waals surface area contributed by atoms with Crippen molar-refractivity contribution in [3.8, 4) is 0 Å². The number of halogens is 2. The van der Waals surface area contributed by atoms with Crippen LogP contribution >= 0.6 is 11.6 Å². The second-order valence-electron chi connectivity index (χ2n) is 3.23. The quantitative estimate of drug-likeness (QED) is 0.693. The Morgan fingerprint density at radius 3 is 2.69 bits per heavy atom. The monoisotopic (exact) mass is 200 g/mol. The minimum atomic E-state index is -0.354. The van der Waals surface area contributed by atoms with Gasteiger partial charge in [0.1, 0.15) is 0 Å². The van der Waals surface area contributed by atoms with E-state index < -0.39 is 0 Å². The zero-order valence-electron chi connectivity index (χ0n) is 7.98. The van der Waals surface area contributed by atoms with Crippen LogP contribution in [0.1, 0.15) is 30.9 Å². The van der Waals surface area contributed by atoms with E-state index in [0.717, 1.165) is 22.6 Å². The van der Waals surface area contributed by atoms with Crippen molar-refractivity contribution in [3.05, 3.63) is 34.3 Å². The van der Waals surface area contributed by atoms with E-state index in [0.29, 0.717) is 0 Å². The van der Waals surface area contributed by atoms with E-state index in [-0.39, 0.29) is 12.6 Å². The maximum absolute atomic E-state index is 12.4. The summed E-state index contributed by atoms with van der Waals surface area (Å²) in [4.78, 5) is 0. The number of hydrogen-bond donors (Lipinski definition) is 0. The first-order valence-electron chi connectivity index (χ1n) is 4.54. The molecule has 0 aliphatic heterocycles. The fraction of sp³-hybridized carbons (Fsp3) is 0.455. The van der Waals surface area contributed by atoms with Crippen LogP contribution in [-0.2, 0) is 6.42 Å². The molecule has 0 saturated heterocycles. The molecule has 1 aromatic rings. The van der Waals surface area contributed by atoms with Crippen molar-refractivity contribution in [1.29, 1.82) is 0 Å². The lowest BCUT2D eigenvalue weighted by atomic mass is 9.99. The molecule has 2 heteroatoms. The molecule has 1 aromatic carbocycles. The fourth-order valence-electron chi connectivity index (χ4n) is 1.34. The Hall–Kier alpha value is -0.560. The molecule has 1 rings (SSSR count). The Bertz CT molecular complexity index is 283. The zero-order valence-corrected chi connectivity index (χ0v) is 8.74. The number of benzene rings is 1. The lowest BCUT2D eigenvalue weighted by molar-refractivity contribution is 0.447. The summed E-state index contributed by atoms with van der Waals surface area (Å²) in [5, 5.41) is 0.732. The van der Waals surface area contributed by atoms with Gasteiger partial charge in [0, 0.05) is 10.9 Å². The van der Waals surface area contributed by atoms with Crippen LogP contribution in [0.3, 0.4) is 0 Å². The molecule has 0 aliphatic rings. The maximum Gasteiger partial charge on any atom is 0.0960 e. The molecule has 1 atom stereocenters. The van der Waals surface area contributed by atoms with Crippen LogP contribution in [0.5, 0.6) is 0 Å².